The number of fused-ring (bicyclic) bond motifs is 5. The minimum atomic E-state index is -1.01. The minimum Gasteiger partial charge on any atom is -0.481 e. The van der Waals surface area contributed by atoms with Crippen molar-refractivity contribution in [3.63, 3.8) is 0 Å². The zero-order valence-corrected chi connectivity index (χ0v) is 8.60. The van der Waals surface area contributed by atoms with Gasteiger partial charge in [0.05, 0.1) is 0 Å². The van der Waals surface area contributed by atoms with Crippen LogP contribution in [-0.4, -0.2) is 22.6 Å². The summed E-state index contributed by atoms with van der Waals surface area (Å²) < 4.78 is 5.36. The van der Waals surface area contributed by atoms with Gasteiger partial charge in [-0.2, -0.15) is 0 Å². The molecule has 2 saturated carbocycles. The van der Waals surface area contributed by atoms with Crippen molar-refractivity contribution >= 4 is 11.9 Å². The smallest absolute Gasteiger partial charge is 0.321 e. The lowest BCUT2D eigenvalue weighted by atomic mass is 9.72. The molecule has 82 valence electrons. The van der Waals surface area contributed by atoms with E-state index in [0.717, 1.165) is 19.3 Å². The summed E-state index contributed by atoms with van der Waals surface area (Å²) in [5, 5.41) is 9.07. The van der Waals surface area contributed by atoms with Gasteiger partial charge in [-0.25, -0.2) is 0 Å². The Kier molecular flexibility index (Phi) is 1.56. The number of esters is 1. The summed E-state index contributed by atoms with van der Waals surface area (Å²) in [7, 11) is 0. The molecule has 0 radical (unpaired) electrons. The van der Waals surface area contributed by atoms with Crippen molar-refractivity contribution in [3.8, 4) is 0 Å². The maximum Gasteiger partial charge on any atom is 0.321 e. The van der Waals surface area contributed by atoms with Gasteiger partial charge < -0.3 is 9.84 Å². The van der Waals surface area contributed by atoms with Crippen molar-refractivity contribution in [2.45, 2.75) is 31.8 Å². The minimum absolute atomic E-state index is 0.0822. The molecule has 0 amide bonds. The summed E-state index contributed by atoms with van der Waals surface area (Å²) in [6.45, 7) is 1.92. The summed E-state index contributed by atoms with van der Waals surface area (Å²) >= 11 is 0. The Labute approximate surface area is 87.6 Å². The van der Waals surface area contributed by atoms with Crippen LogP contribution >= 0.6 is 0 Å². The average molecular weight is 210 g/mol. The highest BCUT2D eigenvalue weighted by Gasteiger charge is 2.67. The van der Waals surface area contributed by atoms with Gasteiger partial charge in [0.1, 0.15) is 5.60 Å². The van der Waals surface area contributed by atoms with Crippen molar-refractivity contribution in [2.75, 3.05) is 0 Å². The number of carboxylic acid groups (broad SMARTS) is 1. The fourth-order valence-electron chi connectivity index (χ4n) is 4.04. The van der Waals surface area contributed by atoms with Crippen molar-refractivity contribution in [1.29, 1.82) is 0 Å². The Morgan fingerprint density at radius 1 is 1.53 bits per heavy atom. The standard InChI is InChI=1S/C11H14O4/c1-11-6-3-2-5(4-6)8(11)7(9(12)13)10(14)15-11/h5-8H,2-4H2,1H3,(H,12,13). The van der Waals surface area contributed by atoms with Crippen LogP contribution in [0.1, 0.15) is 26.2 Å². The molecule has 1 saturated heterocycles. The zero-order valence-electron chi connectivity index (χ0n) is 8.60. The van der Waals surface area contributed by atoms with Crippen LogP contribution in [0.2, 0.25) is 0 Å². The van der Waals surface area contributed by atoms with Gasteiger partial charge in [0, 0.05) is 5.92 Å². The van der Waals surface area contributed by atoms with Gasteiger partial charge in [-0.05, 0) is 38.0 Å². The molecule has 1 heterocycles. The maximum atomic E-state index is 11.6. The first kappa shape index (κ1) is 9.19. The van der Waals surface area contributed by atoms with E-state index in [0.29, 0.717) is 11.8 Å². The number of ether oxygens (including phenoxy) is 1. The Bertz CT molecular complexity index is 350. The van der Waals surface area contributed by atoms with Crippen LogP contribution in [0.3, 0.4) is 0 Å². The van der Waals surface area contributed by atoms with E-state index in [1.54, 1.807) is 0 Å². The van der Waals surface area contributed by atoms with Crippen LogP contribution in [0.25, 0.3) is 0 Å². The molecule has 5 atom stereocenters. The molecule has 0 spiro atoms. The largest absolute Gasteiger partial charge is 0.481 e. The van der Waals surface area contributed by atoms with Gasteiger partial charge >= 0.3 is 11.9 Å². The lowest BCUT2D eigenvalue weighted by Gasteiger charge is -2.34. The fourth-order valence-corrected chi connectivity index (χ4v) is 4.04. The quantitative estimate of drug-likeness (QED) is 0.519. The Morgan fingerprint density at radius 2 is 2.27 bits per heavy atom. The van der Waals surface area contributed by atoms with Crippen molar-refractivity contribution in [1.82, 2.24) is 0 Å². The molecule has 1 N–H and O–H groups in total. The topological polar surface area (TPSA) is 63.6 Å². The zero-order chi connectivity index (χ0) is 10.8. The number of carboxylic acids is 1. The highest BCUT2D eigenvalue weighted by molar-refractivity contribution is 5.96. The Morgan fingerprint density at radius 3 is 2.93 bits per heavy atom. The highest BCUT2D eigenvalue weighted by atomic mass is 16.6. The summed E-state index contributed by atoms with van der Waals surface area (Å²) in [5.74, 6) is -1.76. The number of aliphatic carboxylic acids is 1. The van der Waals surface area contributed by atoms with E-state index in [1.807, 2.05) is 6.92 Å². The van der Waals surface area contributed by atoms with Crippen LogP contribution < -0.4 is 0 Å². The first-order valence-electron chi connectivity index (χ1n) is 5.49. The maximum absolute atomic E-state index is 11.6. The molecule has 5 unspecified atom stereocenters. The van der Waals surface area contributed by atoms with Gasteiger partial charge in [0.25, 0.3) is 0 Å². The van der Waals surface area contributed by atoms with E-state index in [9.17, 15) is 9.59 Å². The lowest BCUT2D eigenvalue weighted by Crippen LogP contribution is -2.40. The second kappa shape index (κ2) is 2.54. The molecule has 3 aliphatic rings. The van der Waals surface area contributed by atoms with E-state index in [-0.39, 0.29) is 5.92 Å². The summed E-state index contributed by atoms with van der Waals surface area (Å²) in [5.41, 5.74) is -0.483. The van der Waals surface area contributed by atoms with Crippen LogP contribution in [0.5, 0.6) is 0 Å². The molecule has 1 aliphatic heterocycles. The van der Waals surface area contributed by atoms with Gasteiger partial charge in [0.15, 0.2) is 5.92 Å². The van der Waals surface area contributed by atoms with Gasteiger partial charge in [-0.3, -0.25) is 9.59 Å². The SMILES string of the molecule is CC12OC(=O)C(C(=O)O)C1C1CCC2C1. The van der Waals surface area contributed by atoms with Crippen molar-refractivity contribution in [2.24, 2.45) is 23.7 Å². The molecule has 15 heavy (non-hydrogen) atoms. The van der Waals surface area contributed by atoms with Crippen LogP contribution in [-0.2, 0) is 14.3 Å². The summed E-state index contributed by atoms with van der Waals surface area (Å²) in [6.07, 6.45) is 3.18. The molecule has 2 aliphatic carbocycles. The number of carbonyl (C=O) groups excluding carboxylic acids is 1. The normalized spacial score (nSPS) is 51.7. The third-order valence-electron chi connectivity index (χ3n) is 4.65. The third kappa shape index (κ3) is 0.924. The van der Waals surface area contributed by atoms with E-state index < -0.39 is 23.5 Å². The number of carbonyl (C=O) groups is 2. The first-order valence-corrected chi connectivity index (χ1v) is 5.49. The molecule has 2 bridgehead atoms. The lowest BCUT2D eigenvalue weighted by molar-refractivity contribution is -0.157. The van der Waals surface area contributed by atoms with Gasteiger partial charge in [-0.1, -0.05) is 0 Å². The van der Waals surface area contributed by atoms with E-state index in [1.165, 1.54) is 0 Å². The average Bonchev–Trinajstić information content (AvgIpc) is 2.72. The Balaban J connectivity index is 2.03. The third-order valence-corrected chi connectivity index (χ3v) is 4.65. The Hall–Kier alpha value is -1.06. The van der Waals surface area contributed by atoms with Crippen LogP contribution in [0.4, 0.5) is 0 Å². The van der Waals surface area contributed by atoms with E-state index >= 15 is 0 Å². The number of hydrogen-bond donors (Lipinski definition) is 1. The van der Waals surface area contributed by atoms with Crippen molar-refractivity contribution < 1.29 is 19.4 Å². The second-order valence-corrected chi connectivity index (χ2v) is 5.22. The fraction of sp³-hybridized carbons (Fsp3) is 0.818. The van der Waals surface area contributed by atoms with Gasteiger partial charge in [0.2, 0.25) is 0 Å². The van der Waals surface area contributed by atoms with Crippen LogP contribution in [0, 0.1) is 23.7 Å². The van der Waals surface area contributed by atoms with E-state index in [4.69, 9.17) is 9.84 Å². The molecule has 0 aromatic carbocycles. The predicted molar refractivity (Wildman–Crippen MR) is 49.9 cm³/mol. The molecule has 3 rings (SSSR count). The monoisotopic (exact) mass is 210 g/mol. The molecule has 0 aromatic heterocycles. The first-order chi connectivity index (χ1) is 7.04. The summed E-state index contributed by atoms with van der Waals surface area (Å²) in [4.78, 5) is 22.6. The molecule has 4 nitrogen and oxygen atoms in total. The molecular formula is C11H14O4. The molecular weight excluding hydrogens is 196 g/mol. The second-order valence-electron chi connectivity index (χ2n) is 5.22. The summed E-state index contributed by atoms with van der Waals surface area (Å²) in [6, 6.07) is 0. The molecule has 3 fully saturated rings. The number of rotatable bonds is 1. The van der Waals surface area contributed by atoms with E-state index in [2.05, 4.69) is 0 Å². The highest BCUT2D eigenvalue weighted by Crippen LogP contribution is 2.61. The number of hydrogen-bond acceptors (Lipinski definition) is 3. The predicted octanol–water partition coefficient (Wildman–Crippen LogP) is 1.05. The molecule has 4 heteroatoms. The molecule has 0 aromatic rings. The van der Waals surface area contributed by atoms with Crippen LogP contribution in [0.15, 0.2) is 0 Å². The van der Waals surface area contributed by atoms with Gasteiger partial charge in [-0.15, -0.1) is 0 Å². The van der Waals surface area contributed by atoms with Crippen molar-refractivity contribution in [3.05, 3.63) is 0 Å².